The molecule has 0 aliphatic carbocycles. The van der Waals surface area contributed by atoms with Crippen molar-refractivity contribution in [3.63, 3.8) is 0 Å². The van der Waals surface area contributed by atoms with Crippen molar-refractivity contribution in [2.45, 2.75) is 74.7 Å². The Hall–Kier alpha value is -5.14. The number of carbonyl (C=O) groups is 2. The molecular formula is C37H56O14. The van der Waals surface area contributed by atoms with Gasteiger partial charge >= 0.3 is 11.9 Å². The third-order valence-corrected chi connectivity index (χ3v) is 6.50. The van der Waals surface area contributed by atoms with Crippen LogP contribution in [0.25, 0.3) is 0 Å². The predicted molar refractivity (Wildman–Crippen MR) is 193 cm³/mol. The highest BCUT2D eigenvalue weighted by Gasteiger charge is 2.44. The second-order valence-electron chi connectivity index (χ2n) is 10.3. The van der Waals surface area contributed by atoms with Crippen molar-refractivity contribution < 1.29 is 67.9 Å². The maximum Gasteiger partial charge on any atom is 0.327 e. The highest BCUT2D eigenvalue weighted by atomic mass is 16.6. The van der Waals surface area contributed by atoms with E-state index in [2.05, 4.69) is 13.2 Å². The van der Waals surface area contributed by atoms with E-state index in [1.54, 1.807) is 0 Å². The van der Waals surface area contributed by atoms with E-state index in [1.807, 2.05) is 69.2 Å². The molecular weight excluding hydrogens is 668 g/mol. The second-order valence-corrected chi connectivity index (χ2v) is 10.3. The molecule has 0 aliphatic heterocycles. The molecule has 0 aromatic heterocycles. The van der Waals surface area contributed by atoms with Crippen molar-refractivity contribution in [2.75, 3.05) is 52.9 Å². The van der Waals surface area contributed by atoms with Gasteiger partial charge in [0.05, 0.1) is 64.0 Å². The Morgan fingerprint density at radius 2 is 0.627 bits per heavy atom. The highest BCUT2D eigenvalue weighted by molar-refractivity contribution is 5.79. The first-order chi connectivity index (χ1) is 24.2. The lowest BCUT2D eigenvalue weighted by molar-refractivity contribution is -0.132. The molecule has 51 heavy (non-hydrogen) atoms. The Bertz CT molecular complexity index is 1250. The fourth-order valence-corrected chi connectivity index (χ4v) is 4.80. The number of phenols is 2. The van der Waals surface area contributed by atoms with Gasteiger partial charge in [0, 0.05) is 17.6 Å². The van der Waals surface area contributed by atoms with E-state index < -0.39 is 17.4 Å². The minimum atomic E-state index is -1.05. The Morgan fingerprint density at radius 1 is 0.471 bits per heavy atom. The SMILES string of the molecule is C=CC(=O)O.C=CC(=O)O.CCOc1c(O)c(OCC)c(OCC)c(C(C)(C)c2c(OCC)c(OCC)c(O)c(OCC)c2OCC)c1OCC. The summed E-state index contributed by atoms with van der Waals surface area (Å²) in [7, 11) is 0. The summed E-state index contributed by atoms with van der Waals surface area (Å²) >= 11 is 0. The minimum Gasteiger partial charge on any atom is -0.501 e. The van der Waals surface area contributed by atoms with Gasteiger partial charge in [-0.2, -0.15) is 0 Å². The lowest BCUT2D eigenvalue weighted by atomic mass is 9.75. The number of ether oxygens (including phenoxy) is 8. The summed E-state index contributed by atoms with van der Waals surface area (Å²) in [6.07, 6.45) is 1.67. The molecule has 0 spiro atoms. The monoisotopic (exact) mass is 724 g/mol. The molecule has 14 heteroatoms. The number of benzene rings is 2. The average Bonchev–Trinajstić information content (AvgIpc) is 3.08. The Labute approximate surface area is 301 Å². The van der Waals surface area contributed by atoms with Crippen LogP contribution in [0.2, 0.25) is 0 Å². The highest BCUT2D eigenvalue weighted by Crippen LogP contribution is 2.63. The molecule has 0 heterocycles. The molecule has 0 bridgehead atoms. The van der Waals surface area contributed by atoms with Crippen LogP contribution in [0.3, 0.4) is 0 Å². The molecule has 0 saturated carbocycles. The van der Waals surface area contributed by atoms with Crippen molar-refractivity contribution in [1.29, 1.82) is 0 Å². The van der Waals surface area contributed by atoms with Crippen molar-refractivity contribution in [3.8, 4) is 57.5 Å². The van der Waals surface area contributed by atoms with E-state index in [4.69, 9.17) is 48.1 Å². The molecule has 2 aromatic rings. The number of aliphatic carboxylic acids is 2. The van der Waals surface area contributed by atoms with E-state index in [1.165, 1.54) is 0 Å². The van der Waals surface area contributed by atoms with Crippen LogP contribution in [0.15, 0.2) is 25.3 Å². The predicted octanol–water partition coefficient (Wildman–Crippen LogP) is 7.13. The number of carboxylic acids is 2. The molecule has 0 saturated heterocycles. The molecule has 2 aromatic carbocycles. The van der Waals surface area contributed by atoms with Gasteiger partial charge in [-0.05, 0) is 55.4 Å². The fourth-order valence-electron chi connectivity index (χ4n) is 4.80. The van der Waals surface area contributed by atoms with Gasteiger partial charge in [-0.25, -0.2) is 9.59 Å². The first-order valence-electron chi connectivity index (χ1n) is 16.8. The molecule has 288 valence electrons. The van der Waals surface area contributed by atoms with Crippen LogP contribution in [0.4, 0.5) is 0 Å². The topological polar surface area (TPSA) is 189 Å². The number of hydrogen-bond acceptors (Lipinski definition) is 12. The smallest absolute Gasteiger partial charge is 0.327 e. The summed E-state index contributed by atoms with van der Waals surface area (Å²) in [6.45, 7) is 26.7. The molecule has 2 rings (SSSR count). The number of aromatic hydroxyl groups is 2. The van der Waals surface area contributed by atoms with Crippen molar-refractivity contribution in [1.82, 2.24) is 0 Å². The third kappa shape index (κ3) is 12.0. The van der Waals surface area contributed by atoms with Crippen LogP contribution in [-0.2, 0) is 15.0 Å². The van der Waals surface area contributed by atoms with Crippen LogP contribution in [0.1, 0.15) is 80.4 Å². The van der Waals surface area contributed by atoms with E-state index in [0.717, 1.165) is 12.2 Å². The van der Waals surface area contributed by atoms with Gasteiger partial charge in [-0.15, -0.1) is 0 Å². The summed E-state index contributed by atoms with van der Waals surface area (Å²) < 4.78 is 48.6. The maximum absolute atomic E-state index is 11.3. The van der Waals surface area contributed by atoms with Gasteiger partial charge in [-0.1, -0.05) is 27.0 Å². The number of phenolic OH excluding ortho intramolecular Hbond substituents is 2. The summed E-state index contributed by atoms with van der Waals surface area (Å²) in [4.78, 5) is 18.5. The lowest BCUT2D eigenvalue weighted by Crippen LogP contribution is -2.25. The molecule has 4 N–H and O–H groups in total. The molecule has 0 atom stereocenters. The molecule has 14 nitrogen and oxygen atoms in total. The van der Waals surface area contributed by atoms with E-state index >= 15 is 0 Å². The van der Waals surface area contributed by atoms with Gasteiger partial charge in [0.25, 0.3) is 0 Å². The average molecular weight is 725 g/mol. The van der Waals surface area contributed by atoms with Crippen LogP contribution < -0.4 is 37.9 Å². The standard InChI is InChI=1S/C31H48O10.2C3H4O2/c1-11-34-23-19(24(35-12-2)28(39-16-6)21(32)27(23)38-15-5)31(9,10)20-25(36-13-3)29(40-17-7)22(33)30(41-18-8)26(20)37-14-4;2*1-2-3(4)5/h32-33H,11-18H2,1-10H3;2*2H,1H2,(H,4,5). The Balaban J connectivity index is 0.00000219. The van der Waals surface area contributed by atoms with Gasteiger partial charge in [-0.3, -0.25) is 0 Å². The summed E-state index contributed by atoms with van der Waals surface area (Å²) in [5.41, 5.74) is 0.00710. The van der Waals surface area contributed by atoms with Crippen molar-refractivity contribution >= 4 is 11.9 Å². The Morgan fingerprint density at radius 3 is 0.765 bits per heavy atom. The normalized spacial score (nSPS) is 10.2. The van der Waals surface area contributed by atoms with E-state index in [9.17, 15) is 19.8 Å². The largest absolute Gasteiger partial charge is 0.501 e. The first-order valence-corrected chi connectivity index (χ1v) is 16.8. The van der Waals surface area contributed by atoms with Gasteiger partial charge < -0.3 is 58.3 Å². The molecule has 0 fully saturated rings. The zero-order chi connectivity index (χ0) is 39.3. The second kappa shape index (κ2) is 23.3. The van der Waals surface area contributed by atoms with Crippen molar-refractivity contribution in [2.24, 2.45) is 0 Å². The van der Waals surface area contributed by atoms with Crippen LogP contribution >= 0.6 is 0 Å². The molecule has 0 radical (unpaired) electrons. The van der Waals surface area contributed by atoms with Crippen LogP contribution in [0, 0.1) is 0 Å². The summed E-state index contributed by atoms with van der Waals surface area (Å²) in [5, 5.41) is 37.9. The zero-order valence-corrected chi connectivity index (χ0v) is 31.6. The lowest BCUT2D eigenvalue weighted by Gasteiger charge is -2.35. The fraction of sp³-hybridized carbons (Fsp3) is 0.514. The quantitative estimate of drug-likeness (QED) is 0.101. The molecule has 0 aliphatic rings. The maximum atomic E-state index is 11.3. The van der Waals surface area contributed by atoms with Crippen LogP contribution in [-0.4, -0.2) is 85.2 Å². The summed E-state index contributed by atoms with van der Waals surface area (Å²) in [5.74, 6) is -0.705. The number of carboxylic acid groups (broad SMARTS) is 2. The summed E-state index contributed by atoms with van der Waals surface area (Å²) in [6, 6.07) is 0. The molecule has 0 amide bonds. The number of rotatable bonds is 20. The van der Waals surface area contributed by atoms with Gasteiger partial charge in [0.1, 0.15) is 0 Å². The Kier molecular flexibility index (Phi) is 21.0. The zero-order valence-electron chi connectivity index (χ0n) is 31.6. The van der Waals surface area contributed by atoms with E-state index in [0.29, 0.717) is 11.1 Å². The van der Waals surface area contributed by atoms with Gasteiger partial charge in [0.2, 0.25) is 34.5 Å². The number of hydrogen-bond donors (Lipinski definition) is 4. The first kappa shape index (κ1) is 45.9. The molecule has 0 unspecified atom stereocenters. The minimum absolute atomic E-state index is 0.133. The van der Waals surface area contributed by atoms with Gasteiger partial charge in [0.15, 0.2) is 23.0 Å². The third-order valence-electron chi connectivity index (χ3n) is 6.50. The van der Waals surface area contributed by atoms with Crippen molar-refractivity contribution in [3.05, 3.63) is 36.4 Å². The van der Waals surface area contributed by atoms with Crippen LogP contribution in [0.5, 0.6) is 57.5 Å². The van der Waals surface area contributed by atoms with E-state index in [-0.39, 0.29) is 110 Å².